The molecule has 1 aromatic carbocycles. The summed E-state index contributed by atoms with van der Waals surface area (Å²) in [5.74, 6) is -1.28. The second kappa shape index (κ2) is 3.89. The van der Waals surface area contributed by atoms with E-state index in [9.17, 15) is 14.3 Å². The van der Waals surface area contributed by atoms with Crippen LogP contribution in [-0.2, 0) is 10.3 Å². The highest BCUT2D eigenvalue weighted by Crippen LogP contribution is 2.50. The maximum absolute atomic E-state index is 13.2. The predicted molar refractivity (Wildman–Crippen MR) is 56.7 cm³/mol. The van der Waals surface area contributed by atoms with E-state index in [0.717, 1.165) is 12.5 Å². The van der Waals surface area contributed by atoms with Crippen molar-refractivity contribution in [1.29, 1.82) is 0 Å². The quantitative estimate of drug-likeness (QED) is 0.639. The van der Waals surface area contributed by atoms with Gasteiger partial charge in [0.05, 0.1) is 5.02 Å². The van der Waals surface area contributed by atoms with E-state index in [2.05, 4.69) is 4.99 Å². The number of rotatable bonds is 2. The van der Waals surface area contributed by atoms with Gasteiger partial charge in [0.2, 0.25) is 6.08 Å². The Bertz CT molecular complexity index is 479. The first-order chi connectivity index (χ1) is 7.60. The Morgan fingerprint density at radius 1 is 1.50 bits per heavy atom. The van der Waals surface area contributed by atoms with Crippen molar-refractivity contribution in [3.05, 3.63) is 28.5 Å². The lowest BCUT2D eigenvalue weighted by molar-refractivity contribution is 0.245. The highest BCUT2D eigenvalue weighted by molar-refractivity contribution is 6.31. The molecule has 0 radical (unpaired) electrons. The second-order valence-corrected chi connectivity index (χ2v) is 4.25. The Labute approximate surface area is 96.6 Å². The first-order valence-corrected chi connectivity index (χ1v) is 5.25. The molecule has 1 fully saturated rings. The minimum Gasteiger partial charge on any atom is -0.505 e. The topological polar surface area (TPSA) is 49.7 Å². The number of isocyanates is 1. The number of halogens is 2. The van der Waals surface area contributed by atoms with Gasteiger partial charge in [0.15, 0.2) is 11.6 Å². The monoisotopic (exact) mass is 241 g/mol. The van der Waals surface area contributed by atoms with Crippen LogP contribution in [0.25, 0.3) is 0 Å². The molecule has 0 bridgehead atoms. The number of carbonyl (C=O) groups excluding carboxylic acids is 1. The average Bonchev–Trinajstić information content (AvgIpc) is 2.20. The summed E-state index contributed by atoms with van der Waals surface area (Å²) in [5.41, 5.74) is -0.686. The summed E-state index contributed by atoms with van der Waals surface area (Å²) < 4.78 is 13.2. The molecule has 0 unspecified atom stereocenters. The van der Waals surface area contributed by atoms with Crippen molar-refractivity contribution in [2.45, 2.75) is 24.8 Å². The maximum Gasteiger partial charge on any atom is 0.235 e. The highest BCUT2D eigenvalue weighted by atomic mass is 35.5. The fourth-order valence-corrected chi connectivity index (χ4v) is 2.33. The van der Waals surface area contributed by atoms with Crippen LogP contribution in [-0.4, -0.2) is 11.2 Å². The van der Waals surface area contributed by atoms with Gasteiger partial charge in [0, 0.05) is 5.56 Å². The third-order valence-corrected chi connectivity index (χ3v) is 3.30. The van der Waals surface area contributed by atoms with Crippen molar-refractivity contribution >= 4 is 17.7 Å². The minimum absolute atomic E-state index is 0.198. The first kappa shape index (κ1) is 11.1. The summed E-state index contributed by atoms with van der Waals surface area (Å²) in [7, 11) is 0. The van der Waals surface area contributed by atoms with E-state index in [-0.39, 0.29) is 10.6 Å². The summed E-state index contributed by atoms with van der Waals surface area (Å²) in [4.78, 5) is 14.1. The molecule has 0 atom stereocenters. The molecule has 3 nitrogen and oxygen atoms in total. The van der Waals surface area contributed by atoms with Crippen molar-refractivity contribution in [3.8, 4) is 5.75 Å². The average molecular weight is 242 g/mol. The van der Waals surface area contributed by atoms with Crippen molar-refractivity contribution in [3.63, 3.8) is 0 Å². The number of aliphatic imine (C=N–C) groups is 1. The van der Waals surface area contributed by atoms with Crippen molar-refractivity contribution < 1.29 is 14.3 Å². The largest absolute Gasteiger partial charge is 0.505 e. The number of aromatic hydroxyl groups is 1. The molecule has 1 aliphatic carbocycles. The second-order valence-electron chi connectivity index (χ2n) is 3.84. The molecular formula is C11H9ClFNO2. The molecule has 5 heteroatoms. The first-order valence-electron chi connectivity index (χ1n) is 4.87. The van der Waals surface area contributed by atoms with Crippen LogP contribution in [0.5, 0.6) is 5.75 Å². The third-order valence-electron chi connectivity index (χ3n) is 2.98. The lowest BCUT2D eigenvalue weighted by Gasteiger charge is -2.37. The molecule has 1 N–H and O–H groups in total. The molecule has 1 aromatic rings. The fourth-order valence-electron chi connectivity index (χ4n) is 2.00. The van der Waals surface area contributed by atoms with E-state index in [1.54, 1.807) is 0 Å². The van der Waals surface area contributed by atoms with Crippen LogP contribution in [0.1, 0.15) is 24.8 Å². The molecule has 0 aliphatic heterocycles. The fraction of sp³-hybridized carbons (Fsp3) is 0.364. The predicted octanol–water partition coefficient (Wildman–Crippen LogP) is 2.90. The summed E-state index contributed by atoms with van der Waals surface area (Å²) in [6.07, 6.45) is 3.46. The van der Waals surface area contributed by atoms with Crippen LogP contribution >= 0.6 is 11.6 Å². The summed E-state index contributed by atoms with van der Waals surface area (Å²) in [6.45, 7) is 0. The van der Waals surface area contributed by atoms with Gasteiger partial charge in [-0.25, -0.2) is 9.18 Å². The van der Waals surface area contributed by atoms with Crippen LogP contribution in [0.3, 0.4) is 0 Å². The van der Waals surface area contributed by atoms with Gasteiger partial charge >= 0.3 is 0 Å². The van der Waals surface area contributed by atoms with Crippen LogP contribution in [0.15, 0.2) is 17.1 Å². The standard InChI is InChI=1S/C11H9ClFNO2/c12-7-2-3-8(13)10(16)9(7)11(14-6-15)4-1-5-11/h2-3,16H,1,4-5H2. The zero-order valence-corrected chi connectivity index (χ0v) is 9.09. The number of hydrogen-bond acceptors (Lipinski definition) is 3. The Kier molecular flexibility index (Phi) is 2.70. The van der Waals surface area contributed by atoms with Crippen molar-refractivity contribution in [2.24, 2.45) is 4.99 Å². The van der Waals surface area contributed by atoms with Crippen LogP contribution in [0.4, 0.5) is 4.39 Å². The Morgan fingerprint density at radius 2 is 2.19 bits per heavy atom. The summed E-state index contributed by atoms with van der Waals surface area (Å²) in [6, 6.07) is 2.44. The number of phenols is 1. The summed E-state index contributed by atoms with van der Waals surface area (Å²) in [5, 5.41) is 9.88. The van der Waals surface area contributed by atoms with Gasteiger partial charge in [-0.3, -0.25) is 0 Å². The molecular weight excluding hydrogens is 233 g/mol. The smallest absolute Gasteiger partial charge is 0.235 e. The zero-order chi connectivity index (χ0) is 11.8. The van der Waals surface area contributed by atoms with Crippen LogP contribution in [0.2, 0.25) is 5.02 Å². The van der Waals surface area contributed by atoms with E-state index < -0.39 is 17.1 Å². The van der Waals surface area contributed by atoms with E-state index in [4.69, 9.17) is 11.6 Å². The Hall–Kier alpha value is -1.38. The number of phenolic OH excluding ortho intramolecular Hbond substituents is 1. The van der Waals surface area contributed by atoms with Gasteiger partial charge in [-0.1, -0.05) is 11.6 Å². The molecule has 0 spiro atoms. The van der Waals surface area contributed by atoms with Gasteiger partial charge in [0.25, 0.3) is 0 Å². The van der Waals surface area contributed by atoms with Gasteiger partial charge in [-0.15, -0.1) is 0 Å². The molecule has 0 aromatic heterocycles. The van der Waals surface area contributed by atoms with Crippen molar-refractivity contribution in [2.75, 3.05) is 0 Å². The molecule has 0 amide bonds. The van der Waals surface area contributed by atoms with Crippen LogP contribution in [0, 0.1) is 5.82 Å². The molecule has 1 aliphatic rings. The number of benzene rings is 1. The molecule has 1 saturated carbocycles. The van der Waals surface area contributed by atoms with Gasteiger partial charge in [-0.05, 0) is 31.4 Å². The SMILES string of the molecule is O=C=NC1(c2c(Cl)ccc(F)c2O)CCC1. The van der Waals surface area contributed by atoms with E-state index in [1.165, 1.54) is 12.1 Å². The lowest BCUT2D eigenvalue weighted by atomic mass is 9.72. The minimum atomic E-state index is -0.884. The lowest BCUT2D eigenvalue weighted by Crippen LogP contribution is -2.32. The molecule has 84 valence electrons. The Morgan fingerprint density at radius 3 is 2.69 bits per heavy atom. The van der Waals surface area contributed by atoms with Gasteiger partial charge in [0.1, 0.15) is 5.54 Å². The number of nitrogens with zero attached hydrogens (tertiary/aromatic N) is 1. The van der Waals surface area contributed by atoms with Gasteiger partial charge in [-0.2, -0.15) is 4.99 Å². The molecule has 16 heavy (non-hydrogen) atoms. The Balaban J connectivity index is 2.62. The maximum atomic E-state index is 13.2. The van der Waals surface area contributed by atoms with Crippen molar-refractivity contribution in [1.82, 2.24) is 0 Å². The highest BCUT2D eigenvalue weighted by Gasteiger charge is 2.43. The van der Waals surface area contributed by atoms with E-state index >= 15 is 0 Å². The van der Waals surface area contributed by atoms with Crippen LogP contribution < -0.4 is 0 Å². The number of hydrogen-bond donors (Lipinski definition) is 1. The van der Waals surface area contributed by atoms with E-state index in [1.807, 2.05) is 0 Å². The zero-order valence-electron chi connectivity index (χ0n) is 8.33. The molecule has 0 saturated heterocycles. The molecule has 2 rings (SSSR count). The third kappa shape index (κ3) is 1.51. The molecule has 0 heterocycles. The normalized spacial score (nSPS) is 17.4. The van der Waals surface area contributed by atoms with E-state index in [0.29, 0.717) is 12.8 Å². The summed E-state index contributed by atoms with van der Waals surface area (Å²) >= 11 is 5.92. The van der Waals surface area contributed by atoms with Gasteiger partial charge < -0.3 is 5.11 Å².